The molecule has 1 saturated heterocycles. The van der Waals surface area contributed by atoms with Crippen LogP contribution in [0, 0.1) is 5.92 Å². The summed E-state index contributed by atoms with van der Waals surface area (Å²) in [6, 6.07) is 0. The van der Waals surface area contributed by atoms with Gasteiger partial charge in [-0.25, -0.2) is 0 Å². The molecular weight excluding hydrogens is 230 g/mol. The quantitative estimate of drug-likeness (QED) is 0.494. The van der Waals surface area contributed by atoms with Crippen LogP contribution in [-0.2, 0) is 14.3 Å². The van der Waals surface area contributed by atoms with Crippen LogP contribution in [0.4, 0.5) is 0 Å². The third kappa shape index (κ3) is 4.67. The zero-order valence-corrected chi connectivity index (χ0v) is 11.6. The van der Waals surface area contributed by atoms with E-state index < -0.39 is 0 Å². The summed E-state index contributed by atoms with van der Waals surface area (Å²) in [4.78, 5) is 24.8. The van der Waals surface area contributed by atoms with Gasteiger partial charge in [0.15, 0.2) is 0 Å². The summed E-state index contributed by atoms with van der Waals surface area (Å²) in [5.74, 6) is -0.407. The van der Waals surface area contributed by atoms with E-state index in [1.165, 1.54) is 39.2 Å². The monoisotopic (exact) mass is 255 g/mol. The molecule has 0 aromatic carbocycles. The second-order valence-corrected chi connectivity index (χ2v) is 5.03. The number of nitrogens with zero attached hydrogens (tertiary/aromatic N) is 1. The lowest BCUT2D eigenvalue weighted by Gasteiger charge is -2.15. The molecule has 0 saturated carbocycles. The third-order valence-corrected chi connectivity index (χ3v) is 3.53. The predicted molar refractivity (Wildman–Crippen MR) is 70.1 cm³/mol. The van der Waals surface area contributed by atoms with E-state index in [9.17, 15) is 9.59 Å². The Bertz CT molecular complexity index is 278. The molecule has 1 heterocycles. The second kappa shape index (κ2) is 8.11. The molecule has 0 aromatic rings. The Morgan fingerprint density at radius 1 is 1.28 bits per heavy atom. The lowest BCUT2D eigenvalue weighted by Crippen LogP contribution is -2.27. The zero-order valence-electron chi connectivity index (χ0n) is 11.6. The topological polar surface area (TPSA) is 46.6 Å². The van der Waals surface area contributed by atoms with Crippen molar-refractivity contribution >= 4 is 11.9 Å². The van der Waals surface area contributed by atoms with Crippen molar-refractivity contribution < 1.29 is 14.3 Å². The first-order valence-corrected chi connectivity index (χ1v) is 7.04. The average molecular weight is 255 g/mol. The van der Waals surface area contributed by atoms with Gasteiger partial charge in [-0.3, -0.25) is 9.59 Å². The minimum atomic E-state index is -0.256. The fourth-order valence-corrected chi connectivity index (χ4v) is 2.40. The van der Waals surface area contributed by atoms with Crippen molar-refractivity contribution in [1.82, 2.24) is 4.90 Å². The average Bonchev–Trinajstić information content (AvgIpc) is 2.74. The smallest absolute Gasteiger partial charge is 0.310 e. The number of ether oxygens (including phenoxy) is 1. The van der Waals surface area contributed by atoms with Crippen LogP contribution >= 0.6 is 0 Å². The van der Waals surface area contributed by atoms with Crippen LogP contribution in [0.2, 0.25) is 0 Å². The van der Waals surface area contributed by atoms with E-state index in [0.29, 0.717) is 13.0 Å². The minimum Gasteiger partial charge on any atom is -0.469 e. The van der Waals surface area contributed by atoms with Crippen molar-refractivity contribution in [3.05, 3.63) is 0 Å². The number of carbonyl (C=O) groups excluding carboxylic acids is 2. The number of unbranched alkanes of at least 4 members (excludes halogenated alkanes) is 5. The fraction of sp³-hybridized carbons (Fsp3) is 0.857. The van der Waals surface area contributed by atoms with Crippen LogP contribution in [-0.4, -0.2) is 37.0 Å². The van der Waals surface area contributed by atoms with E-state index >= 15 is 0 Å². The van der Waals surface area contributed by atoms with Gasteiger partial charge in [0.25, 0.3) is 0 Å². The lowest BCUT2D eigenvalue weighted by atomic mass is 10.1. The molecule has 0 radical (unpaired) electrons. The number of hydrogen-bond donors (Lipinski definition) is 0. The molecule has 4 nitrogen and oxygen atoms in total. The molecule has 0 bridgehead atoms. The largest absolute Gasteiger partial charge is 0.469 e. The molecule has 1 amide bonds. The van der Waals surface area contributed by atoms with Crippen molar-refractivity contribution in [2.45, 2.75) is 51.9 Å². The maximum Gasteiger partial charge on any atom is 0.310 e. The van der Waals surface area contributed by atoms with Crippen LogP contribution < -0.4 is 0 Å². The molecule has 1 rings (SSSR count). The van der Waals surface area contributed by atoms with Gasteiger partial charge in [-0.15, -0.1) is 0 Å². The number of carbonyl (C=O) groups is 2. The SMILES string of the molecule is CCCCCCCCN1CC(C(=O)OC)CC1=O. The Hall–Kier alpha value is -1.06. The fourth-order valence-electron chi connectivity index (χ4n) is 2.40. The highest BCUT2D eigenvalue weighted by Gasteiger charge is 2.34. The van der Waals surface area contributed by atoms with Crippen molar-refractivity contribution in [3.8, 4) is 0 Å². The maximum absolute atomic E-state index is 11.7. The van der Waals surface area contributed by atoms with Crippen molar-refractivity contribution in [1.29, 1.82) is 0 Å². The molecular formula is C14H25NO3. The Balaban J connectivity index is 2.15. The molecule has 1 aliphatic rings. The Morgan fingerprint density at radius 3 is 2.61 bits per heavy atom. The first-order chi connectivity index (χ1) is 8.69. The summed E-state index contributed by atoms with van der Waals surface area (Å²) in [5, 5.41) is 0. The van der Waals surface area contributed by atoms with Crippen LogP contribution in [0.3, 0.4) is 0 Å². The van der Waals surface area contributed by atoms with Gasteiger partial charge in [-0.2, -0.15) is 0 Å². The summed E-state index contributed by atoms with van der Waals surface area (Å²) in [6.07, 6.45) is 7.63. The maximum atomic E-state index is 11.7. The van der Waals surface area contributed by atoms with Crippen LogP contribution in [0.5, 0.6) is 0 Å². The third-order valence-electron chi connectivity index (χ3n) is 3.53. The highest BCUT2D eigenvalue weighted by molar-refractivity contribution is 5.86. The molecule has 104 valence electrons. The Kier molecular flexibility index (Phi) is 6.76. The molecule has 1 unspecified atom stereocenters. The highest BCUT2D eigenvalue weighted by atomic mass is 16.5. The minimum absolute atomic E-state index is 0.0963. The molecule has 1 aliphatic heterocycles. The number of esters is 1. The van der Waals surface area contributed by atoms with Crippen molar-refractivity contribution in [2.75, 3.05) is 20.2 Å². The molecule has 0 aromatic heterocycles. The number of hydrogen-bond acceptors (Lipinski definition) is 3. The number of methoxy groups -OCH3 is 1. The molecule has 1 fully saturated rings. The summed E-state index contributed by atoms with van der Waals surface area (Å²) in [5.41, 5.74) is 0. The normalized spacial score (nSPS) is 19.3. The molecule has 0 spiro atoms. The van der Waals surface area contributed by atoms with Gasteiger partial charge in [-0.05, 0) is 6.42 Å². The van der Waals surface area contributed by atoms with Gasteiger partial charge in [0.05, 0.1) is 13.0 Å². The van der Waals surface area contributed by atoms with Gasteiger partial charge in [0.1, 0.15) is 0 Å². The van der Waals surface area contributed by atoms with Crippen LogP contribution in [0.15, 0.2) is 0 Å². The van der Waals surface area contributed by atoms with E-state index in [1.54, 1.807) is 4.90 Å². The summed E-state index contributed by atoms with van der Waals surface area (Å²) in [7, 11) is 1.38. The molecule has 4 heteroatoms. The van der Waals surface area contributed by atoms with Crippen LogP contribution in [0.25, 0.3) is 0 Å². The number of amides is 1. The van der Waals surface area contributed by atoms with Gasteiger partial charge in [-0.1, -0.05) is 39.0 Å². The molecule has 18 heavy (non-hydrogen) atoms. The number of rotatable bonds is 8. The van der Waals surface area contributed by atoms with Crippen molar-refractivity contribution in [2.24, 2.45) is 5.92 Å². The van der Waals surface area contributed by atoms with Crippen LogP contribution in [0.1, 0.15) is 51.9 Å². The van der Waals surface area contributed by atoms with Gasteiger partial charge in [0, 0.05) is 19.5 Å². The van der Waals surface area contributed by atoms with E-state index in [-0.39, 0.29) is 17.8 Å². The first kappa shape index (κ1) is 15.0. The van der Waals surface area contributed by atoms with Gasteiger partial charge >= 0.3 is 5.97 Å². The van der Waals surface area contributed by atoms with Crippen molar-refractivity contribution in [3.63, 3.8) is 0 Å². The second-order valence-electron chi connectivity index (χ2n) is 5.03. The Morgan fingerprint density at radius 2 is 1.94 bits per heavy atom. The highest BCUT2D eigenvalue weighted by Crippen LogP contribution is 2.19. The summed E-state index contributed by atoms with van der Waals surface area (Å²) >= 11 is 0. The molecule has 1 atom stereocenters. The molecule has 0 N–H and O–H groups in total. The van der Waals surface area contributed by atoms with E-state index in [4.69, 9.17) is 0 Å². The summed E-state index contributed by atoms with van der Waals surface area (Å²) < 4.78 is 4.68. The van der Waals surface area contributed by atoms with E-state index in [1.807, 2.05) is 0 Å². The Labute approximate surface area is 110 Å². The van der Waals surface area contributed by atoms with E-state index in [0.717, 1.165) is 13.0 Å². The van der Waals surface area contributed by atoms with Gasteiger partial charge in [0.2, 0.25) is 5.91 Å². The zero-order chi connectivity index (χ0) is 13.4. The number of likely N-dealkylation sites (tertiary alicyclic amines) is 1. The van der Waals surface area contributed by atoms with E-state index in [2.05, 4.69) is 11.7 Å². The summed E-state index contributed by atoms with van der Waals surface area (Å²) in [6.45, 7) is 3.54. The lowest BCUT2D eigenvalue weighted by molar-refractivity contribution is -0.145. The standard InChI is InChI=1S/C14H25NO3/c1-3-4-5-6-7-8-9-15-11-12(10-13(15)16)14(17)18-2/h12H,3-11H2,1-2H3. The molecule has 0 aliphatic carbocycles. The predicted octanol–water partition coefficient (Wildman–Crippen LogP) is 2.37. The van der Waals surface area contributed by atoms with Gasteiger partial charge < -0.3 is 9.64 Å². The first-order valence-electron chi connectivity index (χ1n) is 7.04.